The fraction of sp³-hybridized carbons (Fsp3) is 0.208. The van der Waals surface area contributed by atoms with Crippen LogP contribution in [0, 0.1) is 0 Å². The standard InChI is InChI=1S/C24H27N3/c1-3-26(4-2)23-17-15-21(16-18-23)19-25-27(24-13-9-6-10-14-24)20-22-11-7-5-8-12-22/h5-19H,3-4,20H2,1-2H3. The largest absolute Gasteiger partial charge is 0.372 e. The van der Waals surface area contributed by atoms with E-state index in [1.165, 1.54) is 11.3 Å². The summed E-state index contributed by atoms with van der Waals surface area (Å²) in [6.45, 7) is 7.13. The number of benzene rings is 3. The van der Waals surface area contributed by atoms with Gasteiger partial charge in [0.1, 0.15) is 0 Å². The average molecular weight is 358 g/mol. The SMILES string of the molecule is CCN(CC)c1ccc(C=NN(Cc2ccccc2)c2ccccc2)cc1. The number of hydrazone groups is 1. The first-order chi connectivity index (χ1) is 13.3. The number of hydrogen-bond donors (Lipinski definition) is 0. The predicted octanol–water partition coefficient (Wildman–Crippen LogP) is 5.57. The van der Waals surface area contributed by atoms with E-state index in [0.717, 1.165) is 30.9 Å². The molecule has 0 aliphatic rings. The van der Waals surface area contributed by atoms with E-state index in [9.17, 15) is 0 Å². The van der Waals surface area contributed by atoms with Crippen LogP contribution in [0.25, 0.3) is 0 Å². The van der Waals surface area contributed by atoms with Crippen LogP contribution in [0.5, 0.6) is 0 Å². The number of hydrogen-bond acceptors (Lipinski definition) is 3. The van der Waals surface area contributed by atoms with Crippen LogP contribution >= 0.6 is 0 Å². The summed E-state index contributed by atoms with van der Waals surface area (Å²) in [5.74, 6) is 0. The highest BCUT2D eigenvalue weighted by atomic mass is 15.4. The quantitative estimate of drug-likeness (QED) is 0.387. The first kappa shape index (κ1) is 18.7. The molecular formula is C24H27N3. The van der Waals surface area contributed by atoms with E-state index in [1.54, 1.807) is 0 Å². The zero-order chi connectivity index (χ0) is 18.9. The van der Waals surface area contributed by atoms with Gasteiger partial charge in [0.25, 0.3) is 0 Å². The molecular weight excluding hydrogens is 330 g/mol. The highest BCUT2D eigenvalue weighted by Gasteiger charge is 2.05. The summed E-state index contributed by atoms with van der Waals surface area (Å²) < 4.78 is 0. The van der Waals surface area contributed by atoms with E-state index < -0.39 is 0 Å². The lowest BCUT2D eigenvalue weighted by Crippen LogP contribution is -2.21. The van der Waals surface area contributed by atoms with Crippen LogP contribution in [0.4, 0.5) is 11.4 Å². The van der Waals surface area contributed by atoms with Crippen molar-refractivity contribution in [1.29, 1.82) is 0 Å². The van der Waals surface area contributed by atoms with Gasteiger partial charge in [-0.1, -0.05) is 60.7 Å². The lowest BCUT2D eigenvalue weighted by molar-refractivity contribution is 0.858. The molecule has 0 saturated heterocycles. The van der Waals surface area contributed by atoms with Gasteiger partial charge >= 0.3 is 0 Å². The Morgan fingerprint density at radius 3 is 1.89 bits per heavy atom. The minimum atomic E-state index is 0.735. The van der Waals surface area contributed by atoms with E-state index in [0.29, 0.717) is 0 Å². The van der Waals surface area contributed by atoms with E-state index in [2.05, 4.69) is 79.4 Å². The monoisotopic (exact) mass is 357 g/mol. The molecule has 3 nitrogen and oxygen atoms in total. The van der Waals surface area contributed by atoms with Gasteiger partial charge in [-0.15, -0.1) is 0 Å². The lowest BCUT2D eigenvalue weighted by atomic mass is 10.2. The molecule has 3 aromatic carbocycles. The molecule has 0 unspecified atom stereocenters. The van der Waals surface area contributed by atoms with Crippen LogP contribution in [0.1, 0.15) is 25.0 Å². The van der Waals surface area contributed by atoms with Crippen molar-refractivity contribution >= 4 is 17.6 Å². The maximum atomic E-state index is 4.77. The normalized spacial score (nSPS) is 10.9. The Kier molecular flexibility index (Phi) is 6.64. The zero-order valence-electron chi connectivity index (χ0n) is 16.1. The van der Waals surface area contributed by atoms with E-state index in [4.69, 9.17) is 5.10 Å². The van der Waals surface area contributed by atoms with Crippen molar-refractivity contribution in [1.82, 2.24) is 0 Å². The third-order valence-corrected chi connectivity index (χ3v) is 4.60. The van der Waals surface area contributed by atoms with Gasteiger partial charge in [0.15, 0.2) is 0 Å². The molecule has 0 spiro atoms. The summed E-state index contributed by atoms with van der Waals surface area (Å²) in [7, 11) is 0. The molecule has 0 radical (unpaired) electrons. The summed E-state index contributed by atoms with van der Waals surface area (Å²) in [5, 5.41) is 6.80. The molecule has 0 saturated carbocycles. The molecule has 27 heavy (non-hydrogen) atoms. The zero-order valence-corrected chi connectivity index (χ0v) is 16.1. The molecule has 0 aliphatic carbocycles. The van der Waals surface area contributed by atoms with Gasteiger partial charge in [-0.3, -0.25) is 5.01 Å². The molecule has 0 fully saturated rings. The molecule has 3 aromatic rings. The van der Waals surface area contributed by atoms with Gasteiger partial charge in [0, 0.05) is 18.8 Å². The van der Waals surface area contributed by atoms with Crippen LogP contribution in [0.3, 0.4) is 0 Å². The minimum absolute atomic E-state index is 0.735. The highest BCUT2D eigenvalue weighted by molar-refractivity contribution is 5.81. The Hall–Kier alpha value is -3.07. The smallest absolute Gasteiger partial charge is 0.0666 e. The summed E-state index contributed by atoms with van der Waals surface area (Å²) >= 11 is 0. The van der Waals surface area contributed by atoms with Crippen molar-refractivity contribution in [3.8, 4) is 0 Å². The Balaban J connectivity index is 1.79. The molecule has 3 heteroatoms. The molecule has 0 heterocycles. The second kappa shape index (κ2) is 9.58. The van der Waals surface area contributed by atoms with Crippen LogP contribution in [0.2, 0.25) is 0 Å². The topological polar surface area (TPSA) is 18.8 Å². The molecule has 0 aliphatic heterocycles. The number of anilines is 2. The number of para-hydroxylation sites is 1. The summed E-state index contributed by atoms with van der Waals surface area (Å²) in [6, 6.07) is 29.3. The van der Waals surface area contributed by atoms with Crippen LogP contribution in [0.15, 0.2) is 90.0 Å². The first-order valence-corrected chi connectivity index (χ1v) is 9.55. The molecule has 0 amide bonds. The van der Waals surface area contributed by atoms with Crippen molar-refractivity contribution in [2.75, 3.05) is 23.0 Å². The van der Waals surface area contributed by atoms with E-state index in [-0.39, 0.29) is 0 Å². The second-order valence-corrected chi connectivity index (χ2v) is 6.39. The van der Waals surface area contributed by atoms with E-state index in [1.807, 2.05) is 35.5 Å². The fourth-order valence-corrected chi connectivity index (χ4v) is 3.05. The van der Waals surface area contributed by atoms with Crippen LogP contribution in [-0.4, -0.2) is 19.3 Å². The predicted molar refractivity (Wildman–Crippen MR) is 117 cm³/mol. The highest BCUT2D eigenvalue weighted by Crippen LogP contribution is 2.18. The van der Waals surface area contributed by atoms with Crippen molar-refractivity contribution in [3.05, 3.63) is 96.1 Å². The Morgan fingerprint density at radius 2 is 1.30 bits per heavy atom. The molecule has 0 aromatic heterocycles. The third-order valence-electron chi connectivity index (χ3n) is 4.60. The van der Waals surface area contributed by atoms with Gasteiger partial charge in [-0.2, -0.15) is 5.10 Å². The third kappa shape index (κ3) is 5.20. The van der Waals surface area contributed by atoms with Crippen molar-refractivity contribution in [2.45, 2.75) is 20.4 Å². The minimum Gasteiger partial charge on any atom is -0.372 e. The fourth-order valence-electron chi connectivity index (χ4n) is 3.05. The Bertz CT molecular complexity index is 823. The van der Waals surface area contributed by atoms with Crippen molar-refractivity contribution < 1.29 is 0 Å². The van der Waals surface area contributed by atoms with Gasteiger partial charge < -0.3 is 4.90 Å². The molecule has 138 valence electrons. The lowest BCUT2D eigenvalue weighted by Gasteiger charge is -2.21. The van der Waals surface area contributed by atoms with Gasteiger partial charge in [-0.25, -0.2) is 0 Å². The Morgan fingerprint density at radius 1 is 0.704 bits per heavy atom. The van der Waals surface area contributed by atoms with Gasteiger partial charge in [0.2, 0.25) is 0 Å². The van der Waals surface area contributed by atoms with E-state index >= 15 is 0 Å². The molecule has 0 atom stereocenters. The average Bonchev–Trinajstić information content (AvgIpc) is 2.74. The van der Waals surface area contributed by atoms with Crippen molar-refractivity contribution in [3.63, 3.8) is 0 Å². The summed E-state index contributed by atoms with van der Waals surface area (Å²) in [4.78, 5) is 2.34. The van der Waals surface area contributed by atoms with Crippen molar-refractivity contribution in [2.24, 2.45) is 5.10 Å². The maximum absolute atomic E-state index is 4.77. The maximum Gasteiger partial charge on any atom is 0.0666 e. The van der Waals surface area contributed by atoms with Crippen LogP contribution in [-0.2, 0) is 6.54 Å². The Labute approximate surface area is 162 Å². The molecule has 3 rings (SSSR count). The number of nitrogens with zero attached hydrogens (tertiary/aromatic N) is 3. The van der Waals surface area contributed by atoms with Gasteiger partial charge in [0.05, 0.1) is 18.4 Å². The van der Waals surface area contributed by atoms with Gasteiger partial charge in [-0.05, 0) is 49.2 Å². The molecule has 0 bridgehead atoms. The summed E-state index contributed by atoms with van der Waals surface area (Å²) in [6.07, 6.45) is 1.93. The van der Waals surface area contributed by atoms with Crippen LogP contribution < -0.4 is 9.91 Å². The summed E-state index contributed by atoms with van der Waals surface area (Å²) in [5.41, 5.74) is 4.66. The number of rotatable bonds is 8. The first-order valence-electron chi connectivity index (χ1n) is 9.55. The molecule has 0 N–H and O–H groups in total. The second-order valence-electron chi connectivity index (χ2n) is 6.39.